The summed E-state index contributed by atoms with van der Waals surface area (Å²) in [5.41, 5.74) is 0.627. The van der Waals surface area contributed by atoms with Crippen molar-refractivity contribution in [1.82, 2.24) is 9.55 Å². The highest BCUT2D eigenvalue weighted by Crippen LogP contribution is 2.29. The molecule has 5 nitrogen and oxygen atoms in total. The smallest absolute Gasteiger partial charge is 0.313 e. The van der Waals surface area contributed by atoms with Crippen molar-refractivity contribution in [3.05, 3.63) is 21.8 Å². The first kappa shape index (κ1) is 13.6. The van der Waals surface area contributed by atoms with Crippen LogP contribution in [0.4, 0.5) is 0 Å². The summed E-state index contributed by atoms with van der Waals surface area (Å²) < 4.78 is 2.32. The van der Waals surface area contributed by atoms with Gasteiger partial charge in [0.1, 0.15) is 4.70 Å². The Kier molecular flexibility index (Phi) is 3.80. The largest absolute Gasteiger partial charge is 0.481 e. The minimum Gasteiger partial charge on any atom is -0.481 e. The van der Waals surface area contributed by atoms with Crippen molar-refractivity contribution in [2.24, 2.45) is 5.92 Å². The minimum absolute atomic E-state index is 0.0372. The molecule has 0 spiro atoms. The molecule has 0 bridgehead atoms. The fraction of sp³-hybridized carbons (Fsp3) is 0.462. The highest BCUT2D eigenvalue weighted by atomic mass is 32.2. The van der Waals surface area contributed by atoms with Gasteiger partial charge in [0.05, 0.1) is 11.3 Å². The summed E-state index contributed by atoms with van der Waals surface area (Å²) in [5.74, 6) is -0.451. The van der Waals surface area contributed by atoms with Crippen LogP contribution in [0.2, 0.25) is 0 Å². The number of hydrogen-bond acceptors (Lipinski definition) is 5. The molecule has 0 saturated heterocycles. The van der Waals surface area contributed by atoms with Crippen molar-refractivity contribution in [3.63, 3.8) is 0 Å². The average molecular weight is 310 g/mol. The van der Waals surface area contributed by atoms with Crippen molar-refractivity contribution in [2.45, 2.75) is 31.0 Å². The minimum atomic E-state index is -0.898. The summed E-state index contributed by atoms with van der Waals surface area (Å²) in [6.07, 6.45) is 3.49. The summed E-state index contributed by atoms with van der Waals surface area (Å²) >= 11 is 2.51. The third-order valence-corrected chi connectivity index (χ3v) is 5.37. The molecule has 1 N–H and O–H groups in total. The van der Waals surface area contributed by atoms with Crippen LogP contribution in [0, 0.1) is 5.92 Å². The summed E-state index contributed by atoms with van der Waals surface area (Å²) in [6, 6.07) is 1.81. The maximum Gasteiger partial charge on any atom is 0.313 e. The summed E-state index contributed by atoms with van der Waals surface area (Å²) in [4.78, 5) is 27.7. The van der Waals surface area contributed by atoms with Crippen LogP contribution < -0.4 is 5.56 Å². The van der Waals surface area contributed by atoms with E-state index in [1.807, 2.05) is 5.38 Å². The van der Waals surface area contributed by atoms with E-state index < -0.39 is 5.97 Å². The number of fused-ring (bicyclic) bond motifs is 1. The van der Waals surface area contributed by atoms with Crippen LogP contribution in [-0.2, 0) is 11.3 Å². The third kappa shape index (κ3) is 2.60. The molecule has 1 aliphatic rings. The predicted molar refractivity (Wildman–Crippen MR) is 79.6 cm³/mol. The van der Waals surface area contributed by atoms with Gasteiger partial charge in [-0.3, -0.25) is 14.2 Å². The zero-order chi connectivity index (χ0) is 14.1. The molecule has 2 aromatic heterocycles. The van der Waals surface area contributed by atoms with Gasteiger partial charge in [0.2, 0.25) is 0 Å². The first-order valence-corrected chi connectivity index (χ1v) is 8.34. The Balaban J connectivity index is 2.01. The molecule has 3 rings (SSSR count). The zero-order valence-corrected chi connectivity index (χ0v) is 12.4. The normalized spacial score (nSPS) is 15.4. The van der Waals surface area contributed by atoms with Gasteiger partial charge in [0.15, 0.2) is 5.16 Å². The lowest BCUT2D eigenvalue weighted by Gasteiger charge is -2.26. The lowest BCUT2D eigenvalue weighted by molar-refractivity contribution is -0.133. The van der Waals surface area contributed by atoms with Crippen molar-refractivity contribution < 1.29 is 9.90 Å². The van der Waals surface area contributed by atoms with Crippen molar-refractivity contribution in [2.75, 3.05) is 5.75 Å². The molecule has 0 aromatic carbocycles. The van der Waals surface area contributed by atoms with Crippen LogP contribution in [0.25, 0.3) is 10.2 Å². The third-order valence-electron chi connectivity index (χ3n) is 3.52. The van der Waals surface area contributed by atoms with E-state index >= 15 is 0 Å². The molecule has 20 heavy (non-hydrogen) atoms. The topological polar surface area (TPSA) is 72.2 Å². The molecule has 2 aromatic rings. The summed E-state index contributed by atoms with van der Waals surface area (Å²) in [6.45, 7) is 0.654. The molecule has 0 unspecified atom stereocenters. The fourth-order valence-electron chi connectivity index (χ4n) is 2.25. The van der Waals surface area contributed by atoms with Crippen molar-refractivity contribution >= 4 is 39.3 Å². The van der Waals surface area contributed by atoms with Gasteiger partial charge < -0.3 is 5.11 Å². The number of carbonyl (C=O) groups is 1. The number of nitrogens with zero attached hydrogens (tertiary/aromatic N) is 2. The summed E-state index contributed by atoms with van der Waals surface area (Å²) in [7, 11) is 0. The maximum absolute atomic E-state index is 12.5. The maximum atomic E-state index is 12.5. The Labute approximate surface area is 123 Å². The SMILES string of the molecule is O=C(O)CSc1nc2ccsc2c(=O)n1CC1CCC1. The molecule has 0 atom stereocenters. The van der Waals surface area contributed by atoms with Gasteiger partial charge in [0.25, 0.3) is 5.56 Å². The fourth-order valence-corrected chi connectivity index (χ4v) is 3.76. The van der Waals surface area contributed by atoms with Crippen LogP contribution >= 0.6 is 23.1 Å². The van der Waals surface area contributed by atoms with Crippen LogP contribution in [-0.4, -0.2) is 26.4 Å². The number of thiophene rings is 1. The van der Waals surface area contributed by atoms with Crippen molar-refractivity contribution in [3.8, 4) is 0 Å². The zero-order valence-electron chi connectivity index (χ0n) is 10.7. The number of thioether (sulfide) groups is 1. The molecular formula is C13H14N2O3S2. The number of carboxylic acid groups (broad SMARTS) is 1. The van der Waals surface area contributed by atoms with Crippen LogP contribution in [0.15, 0.2) is 21.4 Å². The van der Waals surface area contributed by atoms with Gasteiger partial charge in [-0.15, -0.1) is 11.3 Å². The lowest BCUT2D eigenvalue weighted by Crippen LogP contribution is -2.29. The Hall–Kier alpha value is -1.34. The standard InChI is InChI=1S/C13H14N2O3S2/c16-10(17)7-20-13-14-9-4-5-19-11(9)12(18)15(13)6-8-2-1-3-8/h4-5,8H,1-3,6-7H2,(H,16,17). The highest BCUT2D eigenvalue weighted by Gasteiger charge is 2.21. The number of aliphatic carboxylic acids is 1. The Morgan fingerprint density at radius 2 is 2.35 bits per heavy atom. The number of hydrogen-bond donors (Lipinski definition) is 1. The van der Waals surface area contributed by atoms with Gasteiger partial charge >= 0.3 is 5.97 Å². The van der Waals surface area contributed by atoms with Crippen LogP contribution in [0.5, 0.6) is 0 Å². The van der Waals surface area contributed by atoms with E-state index in [-0.39, 0.29) is 11.3 Å². The van der Waals surface area contributed by atoms with E-state index in [4.69, 9.17) is 5.11 Å². The van der Waals surface area contributed by atoms with E-state index in [0.717, 1.165) is 24.6 Å². The van der Waals surface area contributed by atoms with E-state index in [1.165, 1.54) is 17.8 Å². The van der Waals surface area contributed by atoms with E-state index in [0.29, 0.717) is 27.8 Å². The van der Waals surface area contributed by atoms with Gasteiger partial charge in [-0.1, -0.05) is 18.2 Å². The van der Waals surface area contributed by atoms with Gasteiger partial charge in [-0.25, -0.2) is 4.98 Å². The van der Waals surface area contributed by atoms with Gasteiger partial charge in [0, 0.05) is 6.54 Å². The van der Waals surface area contributed by atoms with Crippen LogP contribution in [0.1, 0.15) is 19.3 Å². The van der Waals surface area contributed by atoms with E-state index in [2.05, 4.69) is 4.98 Å². The molecule has 1 saturated carbocycles. The molecule has 7 heteroatoms. The van der Waals surface area contributed by atoms with Gasteiger partial charge in [-0.05, 0) is 30.2 Å². The Bertz CT molecular complexity index is 703. The number of rotatable bonds is 5. The summed E-state index contributed by atoms with van der Waals surface area (Å²) in [5, 5.41) is 11.2. The van der Waals surface area contributed by atoms with E-state index in [9.17, 15) is 9.59 Å². The highest BCUT2D eigenvalue weighted by molar-refractivity contribution is 7.99. The molecule has 1 aliphatic carbocycles. The molecule has 1 fully saturated rings. The quantitative estimate of drug-likeness (QED) is 0.678. The second-order valence-corrected chi connectivity index (χ2v) is 6.78. The Morgan fingerprint density at radius 3 is 3.00 bits per heavy atom. The van der Waals surface area contributed by atoms with Crippen molar-refractivity contribution in [1.29, 1.82) is 0 Å². The molecule has 0 amide bonds. The molecule has 0 radical (unpaired) electrons. The van der Waals surface area contributed by atoms with Gasteiger partial charge in [-0.2, -0.15) is 0 Å². The second-order valence-electron chi connectivity index (χ2n) is 4.92. The molecule has 2 heterocycles. The molecule has 0 aliphatic heterocycles. The molecular weight excluding hydrogens is 296 g/mol. The number of aromatic nitrogens is 2. The first-order valence-electron chi connectivity index (χ1n) is 6.48. The first-order chi connectivity index (χ1) is 9.65. The second kappa shape index (κ2) is 5.57. The monoisotopic (exact) mass is 310 g/mol. The number of carboxylic acids is 1. The molecule has 106 valence electrons. The average Bonchev–Trinajstić information content (AvgIpc) is 2.81. The van der Waals surface area contributed by atoms with E-state index in [1.54, 1.807) is 10.6 Å². The predicted octanol–water partition coefficient (Wildman–Crippen LogP) is 2.43. The Morgan fingerprint density at radius 1 is 1.55 bits per heavy atom. The lowest BCUT2D eigenvalue weighted by atomic mass is 9.85. The van der Waals surface area contributed by atoms with Crippen LogP contribution in [0.3, 0.4) is 0 Å².